The van der Waals surface area contributed by atoms with E-state index in [1.54, 1.807) is 0 Å². The number of imidazole rings is 1. The van der Waals surface area contributed by atoms with Gasteiger partial charge in [0.25, 0.3) is 5.91 Å². The quantitative estimate of drug-likeness (QED) is 0.309. The van der Waals surface area contributed by atoms with Gasteiger partial charge in [-0.1, -0.05) is 88.1 Å². The molecule has 166 valence electrons. The first-order valence-corrected chi connectivity index (χ1v) is 12.0. The van der Waals surface area contributed by atoms with Crippen molar-refractivity contribution in [3.63, 3.8) is 0 Å². The number of carbonyl (C=O) groups excluding carboxylic acids is 1. The molecule has 0 aliphatic carbocycles. The highest BCUT2D eigenvalue weighted by Crippen LogP contribution is 2.18. The Morgan fingerprint density at radius 3 is 2.23 bits per heavy atom. The molecule has 31 heavy (non-hydrogen) atoms. The highest BCUT2D eigenvalue weighted by Gasteiger charge is 2.12. The molecule has 0 radical (unpaired) electrons. The number of fused-ring (bicyclic) bond motifs is 1. The van der Waals surface area contributed by atoms with Gasteiger partial charge in [0.2, 0.25) is 0 Å². The summed E-state index contributed by atoms with van der Waals surface area (Å²) in [5.74, 6) is 0.878. The number of carbonyl (C=O) groups is 1. The lowest BCUT2D eigenvalue weighted by molar-refractivity contribution is 0.0949. The van der Waals surface area contributed by atoms with Crippen LogP contribution in [0.2, 0.25) is 0 Å². The van der Waals surface area contributed by atoms with E-state index < -0.39 is 0 Å². The van der Waals surface area contributed by atoms with Crippen molar-refractivity contribution in [3.8, 4) is 0 Å². The molecule has 0 spiro atoms. The molecule has 3 rings (SSSR count). The van der Waals surface area contributed by atoms with Gasteiger partial charge in [-0.25, -0.2) is 4.98 Å². The molecule has 0 aliphatic heterocycles. The molecule has 1 aromatic heterocycles. The predicted octanol–water partition coefficient (Wildman–Crippen LogP) is 6.81. The van der Waals surface area contributed by atoms with Gasteiger partial charge in [-0.05, 0) is 37.6 Å². The normalized spacial score (nSPS) is 11.2. The van der Waals surface area contributed by atoms with Gasteiger partial charge in [-0.3, -0.25) is 4.79 Å². The Hall–Kier alpha value is -2.62. The number of nitrogens with one attached hydrogen (secondary N) is 1. The lowest BCUT2D eigenvalue weighted by Crippen LogP contribution is -2.24. The van der Waals surface area contributed by atoms with E-state index in [4.69, 9.17) is 4.98 Å². The zero-order valence-corrected chi connectivity index (χ0v) is 19.2. The van der Waals surface area contributed by atoms with Gasteiger partial charge >= 0.3 is 0 Å². The fraction of sp³-hybridized carbons (Fsp3) is 0.481. The van der Waals surface area contributed by atoms with Gasteiger partial charge in [-0.2, -0.15) is 0 Å². The Morgan fingerprint density at radius 2 is 1.52 bits per heavy atom. The molecule has 0 fully saturated rings. The van der Waals surface area contributed by atoms with Crippen LogP contribution in [0, 0.1) is 6.92 Å². The largest absolute Gasteiger partial charge is 0.345 e. The fourth-order valence-corrected chi connectivity index (χ4v) is 4.06. The SMILES string of the molecule is CCCCCCCCCCCn1c(CNC(=O)c2ccc(C)cc2)nc2ccccc21. The second-order valence-corrected chi connectivity index (χ2v) is 8.55. The van der Waals surface area contributed by atoms with E-state index in [0.717, 1.165) is 35.4 Å². The number of para-hydroxylation sites is 2. The minimum Gasteiger partial charge on any atom is -0.345 e. The molecule has 2 aromatic carbocycles. The lowest BCUT2D eigenvalue weighted by atomic mass is 10.1. The summed E-state index contributed by atoms with van der Waals surface area (Å²) in [6.45, 7) is 5.68. The minimum atomic E-state index is -0.0540. The molecule has 0 saturated heterocycles. The van der Waals surface area contributed by atoms with Gasteiger partial charge in [0.1, 0.15) is 5.82 Å². The third kappa shape index (κ3) is 6.95. The summed E-state index contributed by atoms with van der Waals surface area (Å²) in [6.07, 6.45) is 11.9. The third-order valence-corrected chi connectivity index (χ3v) is 5.94. The number of rotatable bonds is 13. The maximum atomic E-state index is 12.5. The molecule has 4 heteroatoms. The second-order valence-electron chi connectivity index (χ2n) is 8.55. The van der Waals surface area contributed by atoms with Crippen molar-refractivity contribution in [2.45, 2.75) is 84.7 Å². The molecule has 1 heterocycles. The number of aryl methyl sites for hydroxylation is 2. The lowest BCUT2D eigenvalue weighted by Gasteiger charge is -2.11. The zero-order valence-electron chi connectivity index (χ0n) is 19.2. The molecular weight excluding hydrogens is 382 g/mol. The average Bonchev–Trinajstić information content (AvgIpc) is 3.14. The summed E-state index contributed by atoms with van der Waals surface area (Å²) < 4.78 is 2.28. The van der Waals surface area contributed by atoms with E-state index >= 15 is 0 Å². The first-order chi connectivity index (χ1) is 15.2. The van der Waals surface area contributed by atoms with Crippen LogP contribution in [0.3, 0.4) is 0 Å². The van der Waals surface area contributed by atoms with Gasteiger partial charge in [-0.15, -0.1) is 0 Å². The molecule has 0 aliphatic rings. The molecular formula is C27H37N3O. The predicted molar refractivity (Wildman–Crippen MR) is 129 cm³/mol. The molecule has 0 atom stereocenters. The summed E-state index contributed by atoms with van der Waals surface area (Å²) in [5.41, 5.74) is 3.99. The van der Waals surface area contributed by atoms with Crippen molar-refractivity contribution in [2.75, 3.05) is 0 Å². The van der Waals surface area contributed by atoms with Crippen LogP contribution in [-0.4, -0.2) is 15.5 Å². The second kappa shape index (κ2) is 12.3. The number of hydrogen-bond donors (Lipinski definition) is 1. The maximum Gasteiger partial charge on any atom is 0.251 e. The van der Waals surface area contributed by atoms with Crippen LogP contribution in [0.4, 0.5) is 0 Å². The van der Waals surface area contributed by atoms with E-state index in [1.807, 2.05) is 43.3 Å². The smallest absolute Gasteiger partial charge is 0.251 e. The van der Waals surface area contributed by atoms with E-state index in [9.17, 15) is 4.79 Å². The first kappa shape index (κ1) is 23.1. The maximum absolute atomic E-state index is 12.5. The van der Waals surface area contributed by atoms with Gasteiger partial charge in [0, 0.05) is 12.1 Å². The van der Waals surface area contributed by atoms with Crippen LogP contribution >= 0.6 is 0 Å². The summed E-state index contributed by atoms with van der Waals surface area (Å²) in [7, 11) is 0. The van der Waals surface area contributed by atoms with Crippen molar-refractivity contribution >= 4 is 16.9 Å². The Labute approximate surface area is 187 Å². The van der Waals surface area contributed by atoms with Crippen molar-refractivity contribution in [1.29, 1.82) is 0 Å². The number of unbranched alkanes of at least 4 members (excludes halogenated alkanes) is 8. The first-order valence-electron chi connectivity index (χ1n) is 12.0. The van der Waals surface area contributed by atoms with Crippen LogP contribution in [-0.2, 0) is 13.1 Å². The molecule has 0 unspecified atom stereocenters. The van der Waals surface area contributed by atoms with E-state index in [0.29, 0.717) is 12.1 Å². The summed E-state index contributed by atoms with van der Waals surface area (Å²) in [4.78, 5) is 17.3. The molecule has 3 aromatic rings. The van der Waals surface area contributed by atoms with Crippen LogP contribution in [0.25, 0.3) is 11.0 Å². The number of nitrogens with zero attached hydrogens (tertiary/aromatic N) is 2. The number of amides is 1. The zero-order chi connectivity index (χ0) is 21.9. The van der Waals surface area contributed by atoms with Gasteiger partial charge in [0.15, 0.2) is 0 Å². The Kier molecular flexibility index (Phi) is 9.14. The minimum absolute atomic E-state index is 0.0540. The third-order valence-electron chi connectivity index (χ3n) is 5.94. The molecule has 4 nitrogen and oxygen atoms in total. The van der Waals surface area contributed by atoms with E-state index in [1.165, 1.54) is 51.4 Å². The molecule has 0 bridgehead atoms. The van der Waals surface area contributed by atoms with E-state index in [2.05, 4.69) is 28.9 Å². The van der Waals surface area contributed by atoms with Crippen molar-refractivity contribution in [1.82, 2.24) is 14.9 Å². The van der Waals surface area contributed by atoms with Gasteiger partial charge in [0.05, 0.1) is 17.6 Å². The summed E-state index contributed by atoms with van der Waals surface area (Å²) >= 11 is 0. The fourth-order valence-electron chi connectivity index (χ4n) is 4.06. The Bertz CT molecular complexity index is 943. The monoisotopic (exact) mass is 419 g/mol. The van der Waals surface area contributed by atoms with Crippen molar-refractivity contribution in [3.05, 3.63) is 65.5 Å². The standard InChI is InChI=1S/C27H37N3O/c1-3-4-5-6-7-8-9-10-13-20-30-25-15-12-11-14-24(25)29-26(30)21-28-27(31)23-18-16-22(2)17-19-23/h11-12,14-19H,3-10,13,20-21H2,1-2H3,(H,28,31). The summed E-state index contributed by atoms with van der Waals surface area (Å²) in [6, 6.07) is 15.9. The average molecular weight is 420 g/mol. The number of aromatic nitrogens is 2. The van der Waals surface area contributed by atoms with Crippen LogP contribution in [0.5, 0.6) is 0 Å². The highest BCUT2D eigenvalue weighted by atomic mass is 16.1. The molecule has 0 saturated carbocycles. The Morgan fingerprint density at radius 1 is 0.871 bits per heavy atom. The van der Waals surface area contributed by atoms with Crippen LogP contribution in [0.1, 0.15) is 86.5 Å². The number of benzene rings is 2. The van der Waals surface area contributed by atoms with Crippen LogP contribution < -0.4 is 5.32 Å². The van der Waals surface area contributed by atoms with Crippen molar-refractivity contribution in [2.24, 2.45) is 0 Å². The molecule has 1 N–H and O–H groups in total. The highest BCUT2D eigenvalue weighted by molar-refractivity contribution is 5.94. The van der Waals surface area contributed by atoms with Crippen molar-refractivity contribution < 1.29 is 4.79 Å². The van der Waals surface area contributed by atoms with Crippen LogP contribution in [0.15, 0.2) is 48.5 Å². The molecule has 1 amide bonds. The Balaban J connectivity index is 1.53. The van der Waals surface area contributed by atoms with E-state index in [-0.39, 0.29) is 5.91 Å². The summed E-state index contributed by atoms with van der Waals surface area (Å²) in [5, 5.41) is 3.05. The number of hydrogen-bond acceptors (Lipinski definition) is 2. The van der Waals surface area contributed by atoms with Gasteiger partial charge < -0.3 is 9.88 Å². The topological polar surface area (TPSA) is 46.9 Å².